The fourth-order valence-electron chi connectivity index (χ4n) is 3.47. The topological polar surface area (TPSA) is 94.5 Å². The summed E-state index contributed by atoms with van der Waals surface area (Å²) in [5.74, 6) is 0. The Morgan fingerprint density at radius 1 is 1.00 bits per heavy atom. The molecule has 1 aromatic heterocycles. The second-order valence-electron chi connectivity index (χ2n) is 6.97. The lowest BCUT2D eigenvalue weighted by Gasteiger charge is -2.19. The zero-order chi connectivity index (χ0) is 20.8. The van der Waals surface area contributed by atoms with Crippen LogP contribution in [0.2, 0.25) is 0 Å². The molecule has 0 spiro atoms. The highest BCUT2D eigenvalue weighted by atomic mass is 32.2. The molecule has 0 radical (unpaired) electrons. The molecule has 2 heterocycles. The molecule has 0 atom stereocenters. The average molecular weight is 433 g/mol. The predicted molar refractivity (Wildman–Crippen MR) is 111 cm³/mol. The number of nitrogens with one attached hydrogen (secondary N) is 1. The summed E-state index contributed by atoms with van der Waals surface area (Å²) in [6, 6.07) is 13.8. The van der Waals surface area contributed by atoms with E-state index in [0.29, 0.717) is 22.3 Å². The second-order valence-corrected chi connectivity index (χ2v) is 10.5. The molecule has 2 aromatic carbocycles. The van der Waals surface area contributed by atoms with E-state index in [1.54, 1.807) is 36.4 Å². The number of para-hydroxylation sites is 1. The molecule has 3 aromatic rings. The van der Waals surface area contributed by atoms with Crippen molar-refractivity contribution in [1.82, 2.24) is 8.69 Å². The van der Waals surface area contributed by atoms with Crippen molar-refractivity contribution in [2.45, 2.75) is 18.4 Å². The maximum Gasteiger partial charge on any atom is 0.268 e. The lowest BCUT2D eigenvalue weighted by Crippen LogP contribution is -2.21. The van der Waals surface area contributed by atoms with Gasteiger partial charge >= 0.3 is 0 Å². The Morgan fingerprint density at radius 2 is 1.69 bits per heavy atom. The van der Waals surface area contributed by atoms with Gasteiger partial charge in [0.2, 0.25) is 10.0 Å². The smallest absolute Gasteiger partial charge is 0.268 e. The zero-order valence-corrected chi connectivity index (χ0v) is 17.5. The normalized spacial score (nSPS) is 16.1. The Kier molecular flexibility index (Phi) is 4.76. The lowest BCUT2D eigenvalue weighted by atomic mass is 10.0. The third-order valence-electron chi connectivity index (χ3n) is 4.75. The third-order valence-corrected chi connectivity index (χ3v) is 7.06. The summed E-state index contributed by atoms with van der Waals surface area (Å²) in [6.07, 6.45) is 2.42. The van der Waals surface area contributed by atoms with E-state index in [2.05, 4.69) is 4.72 Å². The quantitative estimate of drug-likeness (QED) is 0.684. The molecule has 0 fully saturated rings. The molecule has 0 aliphatic carbocycles. The maximum absolute atomic E-state index is 13.5. The molecule has 1 aliphatic heterocycles. The first-order chi connectivity index (χ1) is 13.7. The first-order valence-corrected chi connectivity index (χ1v) is 12.2. The van der Waals surface area contributed by atoms with Crippen LogP contribution in [0.5, 0.6) is 0 Å². The second kappa shape index (κ2) is 7.01. The molecule has 0 unspecified atom stereocenters. The maximum atomic E-state index is 13.5. The van der Waals surface area contributed by atoms with Crippen LogP contribution in [0.3, 0.4) is 0 Å². The first-order valence-electron chi connectivity index (χ1n) is 8.87. The van der Waals surface area contributed by atoms with Crippen molar-refractivity contribution in [3.8, 4) is 0 Å². The van der Waals surface area contributed by atoms with Crippen LogP contribution in [0.15, 0.2) is 59.6 Å². The number of fused-ring (bicyclic) bond motifs is 3. The summed E-state index contributed by atoms with van der Waals surface area (Å²) >= 11 is 0. The summed E-state index contributed by atoms with van der Waals surface area (Å²) in [5, 5.41) is 0.725. The van der Waals surface area contributed by atoms with Crippen LogP contribution in [0.25, 0.3) is 16.5 Å². The van der Waals surface area contributed by atoms with Crippen molar-refractivity contribution >= 4 is 36.5 Å². The number of hydrogen-bond donors (Lipinski definition) is 1. The molecular weight excluding hydrogens is 412 g/mol. The van der Waals surface area contributed by atoms with Gasteiger partial charge in [-0.3, -0.25) is 4.72 Å². The minimum Gasteiger partial charge on any atom is -0.370 e. The van der Waals surface area contributed by atoms with Gasteiger partial charge in [0, 0.05) is 22.7 Å². The number of nitrogens with zero attached hydrogens (tertiary/aromatic N) is 1. The molecule has 4 rings (SSSR count). The van der Waals surface area contributed by atoms with Gasteiger partial charge in [-0.2, -0.15) is 0 Å². The van der Waals surface area contributed by atoms with E-state index >= 15 is 0 Å². The fourth-order valence-corrected chi connectivity index (χ4v) is 5.37. The molecule has 152 valence electrons. The zero-order valence-electron chi connectivity index (χ0n) is 15.9. The highest BCUT2D eigenvalue weighted by Crippen LogP contribution is 2.37. The number of aryl methyl sites for hydroxylation is 1. The molecule has 1 aliphatic rings. The number of sulfonamides is 1. The Bertz CT molecular complexity index is 1340. The van der Waals surface area contributed by atoms with Crippen molar-refractivity contribution in [2.24, 2.45) is 0 Å². The van der Waals surface area contributed by atoms with Gasteiger partial charge in [0.1, 0.15) is 0 Å². The molecule has 0 saturated heterocycles. The van der Waals surface area contributed by atoms with E-state index in [0.717, 1.165) is 17.2 Å². The molecule has 0 bridgehead atoms. The van der Waals surface area contributed by atoms with Crippen LogP contribution in [0.1, 0.15) is 16.8 Å². The van der Waals surface area contributed by atoms with Gasteiger partial charge in [0.15, 0.2) is 0 Å². The number of hydrogen-bond acceptors (Lipinski definition) is 5. The molecule has 1 N–H and O–H groups in total. The van der Waals surface area contributed by atoms with E-state index in [1.165, 1.54) is 10.2 Å². The van der Waals surface area contributed by atoms with E-state index in [-0.39, 0.29) is 18.1 Å². The Labute approximate surface area is 169 Å². The molecular formula is C20H20N2O5S2. The summed E-state index contributed by atoms with van der Waals surface area (Å²) in [6.45, 7) is 2.17. The average Bonchev–Trinajstić information content (AvgIpc) is 3.02. The third kappa shape index (κ3) is 3.57. The van der Waals surface area contributed by atoms with Gasteiger partial charge in [-0.1, -0.05) is 35.9 Å². The van der Waals surface area contributed by atoms with Gasteiger partial charge in [-0.15, -0.1) is 0 Å². The summed E-state index contributed by atoms with van der Waals surface area (Å²) in [5.41, 5.74) is 3.21. The van der Waals surface area contributed by atoms with Crippen LogP contribution < -0.4 is 4.72 Å². The largest absolute Gasteiger partial charge is 0.370 e. The van der Waals surface area contributed by atoms with Crippen LogP contribution in [0, 0.1) is 6.92 Å². The van der Waals surface area contributed by atoms with Crippen molar-refractivity contribution < 1.29 is 21.6 Å². The van der Waals surface area contributed by atoms with Crippen molar-refractivity contribution in [3.63, 3.8) is 0 Å². The van der Waals surface area contributed by atoms with Crippen molar-refractivity contribution in [3.05, 3.63) is 71.6 Å². The van der Waals surface area contributed by atoms with Crippen LogP contribution in [0.4, 0.5) is 0 Å². The Hall–Kier alpha value is -2.62. The van der Waals surface area contributed by atoms with Crippen LogP contribution in [-0.4, -0.2) is 33.7 Å². The minimum absolute atomic E-state index is 0.102. The van der Waals surface area contributed by atoms with Crippen molar-refractivity contribution in [1.29, 1.82) is 0 Å². The molecule has 7 nitrogen and oxygen atoms in total. The highest BCUT2D eigenvalue weighted by molar-refractivity contribution is 7.90. The first kappa shape index (κ1) is 19.7. The molecule has 9 heteroatoms. The molecule has 29 heavy (non-hydrogen) atoms. The van der Waals surface area contributed by atoms with Gasteiger partial charge < -0.3 is 4.74 Å². The van der Waals surface area contributed by atoms with E-state index in [4.69, 9.17) is 4.74 Å². The SMILES string of the molecule is Cc1ccc(S(=O)(=O)n2c3c(c4ccccc42)/C(=C\NS(C)(=O)=O)COC3)cc1. The minimum atomic E-state index is -3.88. The van der Waals surface area contributed by atoms with E-state index < -0.39 is 20.0 Å². The number of benzene rings is 2. The van der Waals surface area contributed by atoms with Gasteiger partial charge in [0.25, 0.3) is 10.0 Å². The summed E-state index contributed by atoms with van der Waals surface area (Å²) in [7, 11) is -7.33. The monoisotopic (exact) mass is 432 g/mol. The Balaban J connectivity index is 1.99. The molecule has 0 amide bonds. The molecule has 0 saturated carbocycles. The predicted octanol–water partition coefficient (Wildman–Crippen LogP) is 2.61. The Morgan fingerprint density at radius 3 is 2.38 bits per heavy atom. The van der Waals surface area contributed by atoms with Crippen molar-refractivity contribution in [2.75, 3.05) is 12.9 Å². The van der Waals surface area contributed by atoms with Gasteiger partial charge in [-0.25, -0.2) is 20.8 Å². The lowest BCUT2D eigenvalue weighted by molar-refractivity contribution is 0.143. The fraction of sp³-hybridized carbons (Fsp3) is 0.200. The van der Waals surface area contributed by atoms with Gasteiger partial charge in [-0.05, 0) is 25.1 Å². The number of rotatable bonds is 4. The van der Waals surface area contributed by atoms with Gasteiger partial charge in [0.05, 0.1) is 35.6 Å². The standard InChI is InChI=1S/C20H20N2O5S2/c1-14-7-9-16(10-8-14)29(25,26)22-18-6-4-3-5-17(18)20-15(11-21-28(2,23)24)12-27-13-19(20)22/h3-11,21H,12-13H2,1-2H3/b15-11-. The number of aromatic nitrogens is 1. The van der Waals surface area contributed by atoms with E-state index in [1.807, 2.05) is 19.1 Å². The summed E-state index contributed by atoms with van der Waals surface area (Å²) in [4.78, 5) is 0.178. The van der Waals surface area contributed by atoms with E-state index in [9.17, 15) is 16.8 Å². The van der Waals surface area contributed by atoms with Crippen LogP contribution in [-0.2, 0) is 31.4 Å². The van der Waals surface area contributed by atoms with Crippen LogP contribution >= 0.6 is 0 Å². The summed E-state index contributed by atoms with van der Waals surface area (Å²) < 4.78 is 59.3. The number of ether oxygens (including phenoxy) is 1. The highest BCUT2D eigenvalue weighted by Gasteiger charge is 2.30.